The van der Waals surface area contributed by atoms with Crippen LogP contribution >= 0.6 is 0 Å². The van der Waals surface area contributed by atoms with E-state index in [2.05, 4.69) is 6.92 Å². The van der Waals surface area contributed by atoms with Crippen molar-refractivity contribution in [1.29, 1.82) is 0 Å². The van der Waals surface area contributed by atoms with Crippen LogP contribution in [0.2, 0.25) is 0 Å². The molecule has 0 bridgehead atoms. The molecule has 1 aromatic carbocycles. The minimum Gasteiger partial charge on any atom is -0.398 e. The van der Waals surface area contributed by atoms with E-state index < -0.39 is 10.0 Å². The van der Waals surface area contributed by atoms with Crippen LogP contribution in [0.4, 0.5) is 5.69 Å². The van der Waals surface area contributed by atoms with E-state index >= 15 is 0 Å². The molecule has 1 saturated heterocycles. The van der Waals surface area contributed by atoms with E-state index in [1.807, 2.05) is 0 Å². The second kappa shape index (κ2) is 6.79. The quantitative estimate of drug-likeness (QED) is 0.869. The SMILES string of the molecule is CCCC1CCCN(S(=O)(=O)c2cccc(N)c2C)CC1. The lowest BCUT2D eigenvalue weighted by molar-refractivity contribution is 0.400. The van der Waals surface area contributed by atoms with E-state index in [-0.39, 0.29) is 0 Å². The summed E-state index contributed by atoms with van der Waals surface area (Å²) in [6, 6.07) is 5.12. The molecule has 0 aromatic heterocycles. The smallest absolute Gasteiger partial charge is 0.243 e. The third-order valence-electron chi connectivity index (χ3n) is 4.45. The van der Waals surface area contributed by atoms with E-state index in [1.165, 1.54) is 12.8 Å². The maximum atomic E-state index is 12.8. The van der Waals surface area contributed by atoms with Crippen LogP contribution < -0.4 is 5.73 Å². The molecule has 1 heterocycles. The number of hydrogen-bond donors (Lipinski definition) is 1. The summed E-state index contributed by atoms with van der Waals surface area (Å²) in [5.74, 6) is 0.664. The van der Waals surface area contributed by atoms with Crippen LogP contribution in [0.15, 0.2) is 23.1 Å². The van der Waals surface area contributed by atoms with Gasteiger partial charge in [0.05, 0.1) is 4.90 Å². The molecule has 1 aromatic rings. The van der Waals surface area contributed by atoms with Crippen molar-refractivity contribution in [3.05, 3.63) is 23.8 Å². The third-order valence-corrected chi connectivity index (χ3v) is 6.49. The lowest BCUT2D eigenvalue weighted by Gasteiger charge is -2.21. The number of benzene rings is 1. The molecule has 1 aliphatic heterocycles. The highest BCUT2D eigenvalue weighted by atomic mass is 32.2. The first-order valence-corrected chi connectivity index (χ1v) is 9.26. The molecule has 1 aliphatic rings. The van der Waals surface area contributed by atoms with Gasteiger partial charge in [-0.25, -0.2) is 8.42 Å². The first-order chi connectivity index (χ1) is 9.96. The Hall–Kier alpha value is -1.07. The lowest BCUT2D eigenvalue weighted by atomic mass is 9.96. The Morgan fingerprint density at radius 2 is 2.05 bits per heavy atom. The molecule has 5 heteroatoms. The Balaban J connectivity index is 2.22. The molecule has 1 atom stereocenters. The lowest BCUT2D eigenvalue weighted by Crippen LogP contribution is -2.32. The average Bonchev–Trinajstić information content (AvgIpc) is 2.68. The first-order valence-electron chi connectivity index (χ1n) is 7.82. The molecule has 2 N–H and O–H groups in total. The predicted octanol–water partition coefficient (Wildman–Crippen LogP) is 3.17. The Morgan fingerprint density at radius 1 is 1.29 bits per heavy atom. The van der Waals surface area contributed by atoms with Gasteiger partial charge in [-0.3, -0.25) is 0 Å². The van der Waals surface area contributed by atoms with E-state index in [1.54, 1.807) is 29.4 Å². The first kappa shape index (κ1) is 16.3. The Morgan fingerprint density at radius 3 is 2.76 bits per heavy atom. The highest BCUT2D eigenvalue weighted by Crippen LogP contribution is 2.28. The summed E-state index contributed by atoms with van der Waals surface area (Å²) < 4.78 is 27.3. The van der Waals surface area contributed by atoms with E-state index in [9.17, 15) is 8.42 Å². The van der Waals surface area contributed by atoms with Crippen LogP contribution in [0, 0.1) is 12.8 Å². The van der Waals surface area contributed by atoms with Crippen molar-refractivity contribution >= 4 is 15.7 Å². The molecule has 1 unspecified atom stereocenters. The molecule has 0 amide bonds. The van der Waals surface area contributed by atoms with Gasteiger partial charge in [0.15, 0.2) is 0 Å². The van der Waals surface area contributed by atoms with E-state index in [0.29, 0.717) is 35.2 Å². The highest BCUT2D eigenvalue weighted by Gasteiger charge is 2.28. The van der Waals surface area contributed by atoms with Gasteiger partial charge in [0.2, 0.25) is 10.0 Å². The number of sulfonamides is 1. The summed E-state index contributed by atoms with van der Waals surface area (Å²) in [6.45, 7) is 5.22. The number of nitrogens with zero attached hydrogens (tertiary/aromatic N) is 1. The standard InChI is InChI=1S/C16H26N2O2S/c1-3-6-14-7-5-11-18(12-10-14)21(19,20)16-9-4-8-15(17)13(16)2/h4,8-9,14H,3,5-7,10-12,17H2,1-2H3. The molecule has 0 spiro atoms. The molecule has 0 saturated carbocycles. The van der Waals surface area contributed by atoms with Gasteiger partial charge < -0.3 is 5.73 Å². The van der Waals surface area contributed by atoms with Crippen molar-refractivity contribution in [1.82, 2.24) is 4.31 Å². The van der Waals surface area contributed by atoms with E-state index in [0.717, 1.165) is 19.3 Å². The van der Waals surface area contributed by atoms with Crippen molar-refractivity contribution in [2.45, 2.75) is 50.8 Å². The minimum atomic E-state index is -3.42. The summed E-state index contributed by atoms with van der Waals surface area (Å²) in [4.78, 5) is 0.358. The van der Waals surface area contributed by atoms with Gasteiger partial charge >= 0.3 is 0 Å². The second-order valence-electron chi connectivity index (χ2n) is 5.96. The van der Waals surface area contributed by atoms with Crippen LogP contribution in [0.25, 0.3) is 0 Å². The topological polar surface area (TPSA) is 63.4 Å². The van der Waals surface area contributed by atoms with Crippen molar-refractivity contribution in [2.75, 3.05) is 18.8 Å². The fraction of sp³-hybridized carbons (Fsp3) is 0.625. The normalized spacial score (nSPS) is 21.1. The van der Waals surface area contributed by atoms with E-state index in [4.69, 9.17) is 5.73 Å². The summed E-state index contributed by atoms with van der Waals surface area (Å²) >= 11 is 0. The predicted molar refractivity (Wildman–Crippen MR) is 86.6 cm³/mol. The maximum absolute atomic E-state index is 12.8. The van der Waals surface area contributed by atoms with Gasteiger partial charge in [-0.2, -0.15) is 4.31 Å². The fourth-order valence-electron chi connectivity index (χ4n) is 3.13. The van der Waals surface area contributed by atoms with Crippen molar-refractivity contribution < 1.29 is 8.42 Å². The molecular formula is C16H26N2O2S. The molecular weight excluding hydrogens is 284 g/mol. The van der Waals surface area contributed by atoms with Crippen LogP contribution in [0.3, 0.4) is 0 Å². The molecule has 21 heavy (non-hydrogen) atoms. The zero-order chi connectivity index (χ0) is 15.5. The van der Waals surface area contributed by atoms with Crippen LogP contribution in [-0.2, 0) is 10.0 Å². The number of nitrogen functional groups attached to an aromatic ring is 1. The molecule has 118 valence electrons. The van der Waals surface area contributed by atoms with Gasteiger partial charge in [0, 0.05) is 18.8 Å². The molecule has 4 nitrogen and oxygen atoms in total. The molecule has 2 rings (SSSR count). The Labute approximate surface area is 128 Å². The summed E-state index contributed by atoms with van der Waals surface area (Å²) in [6.07, 6.45) is 5.42. The molecule has 0 radical (unpaired) electrons. The van der Waals surface area contributed by atoms with Gasteiger partial charge in [-0.05, 0) is 49.8 Å². The number of rotatable bonds is 4. The van der Waals surface area contributed by atoms with Crippen LogP contribution in [0.5, 0.6) is 0 Å². The zero-order valence-corrected chi connectivity index (χ0v) is 13.8. The summed E-state index contributed by atoms with van der Waals surface area (Å²) in [5, 5.41) is 0. The monoisotopic (exact) mass is 310 g/mol. The summed E-state index contributed by atoms with van der Waals surface area (Å²) in [5.41, 5.74) is 7.05. The van der Waals surface area contributed by atoms with Gasteiger partial charge in [-0.15, -0.1) is 0 Å². The highest BCUT2D eigenvalue weighted by molar-refractivity contribution is 7.89. The zero-order valence-electron chi connectivity index (χ0n) is 13.0. The van der Waals surface area contributed by atoms with Crippen LogP contribution in [-0.4, -0.2) is 25.8 Å². The van der Waals surface area contributed by atoms with Crippen molar-refractivity contribution in [2.24, 2.45) is 5.92 Å². The van der Waals surface area contributed by atoms with Crippen molar-refractivity contribution in [3.63, 3.8) is 0 Å². The largest absolute Gasteiger partial charge is 0.398 e. The third kappa shape index (κ3) is 3.58. The number of hydrogen-bond acceptors (Lipinski definition) is 3. The van der Waals surface area contributed by atoms with Gasteiger partial charge in [-0.1, -0.05) is 25.8 Å². The van der Waals surface area contributed by atoms with Crippen LogP contribution in [0.1, 0.15) is 44.6 Å². The average molecular weight is 310 g/mol. The number of anilines is 1. The summed E-state index contributed by atoms with van der Waals surface area (Å²) in [7, 11) is -3.42. The maximum Gasteiger partial charge on any atom is 0.243 e. The minimum absolute atomic E-state index is 0.358. The number of nitrogens with two attached hydrogens (primary N) is 1. The Bertz CT molecular complexity index is 584. The second-order valence-corrected chi connectivity index (χ2v) is 7.87. The molecule has 0 aliphatic carbocycles. The fourth-order valence-corrected chi connectivity index (χ4v) is 4.87. The van der Waals surface area contributed by atoms with Gasteiger partial charge in [0.1, 0.15) is 0 Å². The van der Waals surface area contributed by atoms with Gasteiger partial charge in [0.25, 0.3) is 0 Å². The van der Waals surface area contributed by atoms with Crippen molar-refractivity contribution in [3.8, 4) is 0 Å². The molecule has 1 fully saturated rings. The Kier molecular flexibility index (Phi) is 5.27.